The van der Waals surface area contributed by atoms with Crippen LogP contribution in [-0.2, 0) is 24.9 Å². The highest BCUT2D eigenvalue weighted by Crippen LogP contribution is 2.03. The molecule has 0 aliphatic rings. The number of amides is 1. The smallest absolute Gasteiger partial charge is 0.242 e. The van der Waals surface area contributed by atoms with Crippen molar-refractivity contribution in [1.82, 2.24) is 24.9 Å². The number of nitrogens with zero attached hydrogens (tertiary/aromatic N) is 4. The maximum absolute atomic E-state index is 11.7. The third-order valence-electron chi connectivity index (χ3n) is 2.55. The molecule has 0 aliphatic carbocycles. The van der Waals surface area contributed by atoms with Crippen molar-refractivity contribution in [3.8, 4) is 0 Å². The summed E-state index contributed by atoms with van der Waals surface area (Å²) < 4.78 is 3.23. The Bertz CT molecular complexity index is 556. The molecule has 0 saturated heterocycles. The molecule has 3 N–H and O–H groups in total. The Morgan fingerprint density at radius 1 is 1.50 bits per heavy atom. The molecule has 0 aromatic carbocycles. The van der Waals surface area contributed by atoms with Crippen LogP contribution in [-0.4, -0.2) is 25.5 Å². The van der Waals surface area contributed by atoms with Crippen LogP contribution < -0.4 is 11.1 Å². The average Bonchev–Trinajstić information content (AvgIpc) is 2.82. The molecule has 0 unspecified atom stereocenters. The van der Waals surface area contributed by atoms with Gasteiger partial charge in [-0.05, 0) is 6.92 Å². The van der Waals surface area contributed by atoms with Crippen molar-refractivity contribution in [2.24, 2.45) is 7.05 Å². The number of aromatic nitrogens is 4. The first kappa shape index (κ1) is 12.2. The van der Waals surface area contributed by atoms with Crippen molar-refractivity contribution < 1.29 is 4.79 Å². The summed E-state index contributed by atoms with van der Waals surface area (Å²) in [6.45, 7) is 2.54. The first-order valence-corrected chi connectivity index (χ1v) is 5.58. The van der Waals surface area contributed by atoms with Gasteiger partial charge in [0.25, 0.3) is 0 Å². The molecule has 0 bridgehead atoms. The van der Waals surface area contributed by atoms with Gasteiger partial charge in [-0.25, -0.2) is 0 Å². The van der Waals surface area contributed by atoms with E-state index in [2.05, 4.69) is 15.5 Å². The fraction of sp³-hybridized carbons (Fsp3) is 0.364. The van der Waals surface area contributed by atoms with Gasteiger partial charge in [-0.15, -0.1) is 0 Å². The molecule has 96 valence electrons. The fourth-order valence-corrected chi connectivity index (χ4v) is 1.69. The van der Waals surface area contributed by atoms with E-state index >= 15 is 0 Å². The number of hydrogen-bond donors (Lipinski definition) is 2. The van der Waals surface area contributed by atoms with Gasteiger partial charge in [-0.1, -0.05) is 0 Å². The quantitative estimate of drug-likeness (QED) is 0.785. The second-order valence-corrected chi connectivity index (χ2v) is 4.16. The van der Waals surface area contributed by atoms with Crippen molar-refractivity contribution in [3.63, 3.8) is 0 Å². The summed E-state index contributed by atoms with van der Waals surface area (Å²) in [5.74, 6) is -0.110. The van der Waals surface area contributed by atoms with Gasteiger partial charge in [-0.3, -0.25) is 14.2 Å². The fourth-order valence-electron chi connectivity index (χ4n) is 1.69. The minimum absolute atomic E-state index is 0.110. The first-order chi connectivity index (χ1) is 8.54. The molecular formula is C11H16N6O. The topological polar surface area (TPSA) is 90.8 Å². The first-order valence-electron chi connectivity index (χ1n) is 5.58. The van der Waals surface area contributed by atoms with Gasteiger partial charge in [-0.2, -0.15) is 10.2 Å². The zero-order valence-corrected chi connectivity index (χ0v) is 10.4. The van der Waals surface area contributed by atoms with E-state index in [1.165, 1.54) is 10.9 Å². The van der Waals surface area contributed by atoms with Crippen molar-refractivity contribution in [3.05, 3.63) is 29.8 Å². The average molecular weight is 248 g/mol. The van der Waals surface area contributed by atoms with Gasteiger partial charge in [0.05, 0.1) is 17.6 Å². The largest absolute Gasteiger partial charge is 0.396 e. The molecule has 2 aromatic rings. The third kappa shape index (κ3) is 2.88. The van der Waals surface area contributed by atoms with Crippen LogP contribution in [0.5, 0.6) is 0 Å². The lowest BCUT2D eigenvalue weighted by molar-refractivity contribution is -0.122. The van der Waals surface area contributed by atoms with E-state index in [9.17, 15) is 4.79 Å². The minimum atomic E-state index is -0.110. The van der Waals surface area contributed by atoms with Crippen molar-refractivity contribution in [1.29, 1.82) is 0 Å². The standard InChI is InChI=1S/C11H16N6O/c1-8-9(5-16(2)15-8)3-13-11(18)7-17-6-10(12)4-14-17/h4-6H,3,7,12H2,1-2H3,(H,13,18). The predicted octanol–water partition coefficient (Wildman–Crippen LogP) is -0.176. The molecule has 0 saturated carbocycles. The molecule has 0 atom stereocenters. The Morgan fingerprint density at radius 2 is 2.28 bits per heavy atom. The zero-order valence-electron chi connectivity index (χ0n) is 10.4. The van der Waals surface area contributed by atoms with Crippen LogP contribution in [0.1, 0.15) is 11.3 Å². The predicted molar refractivity (Wildman–Crippen MR) is 66.4 cm³/mol. The highest BCUT2D eigenvalue weighted by atomic mass is 16.2. The van der Waals surface area contributed by atoms with Crippen molar-refractivity contribution in [2.75, 3.05) is 5.73 Å². The molecule has 0 fully saturated rings. The molecule has 7 nitrogen and oxygen atoms in total. The number of aryl methyl sites for hydroxylation is 2. The van der Waals surface area contributed by atoms with Crippen LogP contribution >= 0.6 is 0 Å². The number of anilines is 1. The van der Waals surface area contributed by atoms with Crippen LogP contribution in [0.2, 0.25) is 0 Å². The molecule has 1 amide bonds. The molecule has 7 heteroatoms. The van der Waals surface area contributed by atoms with Gasteiger partial charge in [0.15, 0.2) is 0 Å². The van der Waals surface area contributed by atoms with E-state index in [1.54, 1.807) is 10.9 Å². The van der Waals surface area contributed by atoms with Crippen molar-refractivity contribution >= 4 is 11.6 Å². The van der Waals surface area contributed by atoms with E-state index in [4.69, 9.17) is 5.73 Å². The Hall–Kier alpha value is -2.31. The molecule has 0 aliphatic heterocycles. The summed E-state index contributed by atoms with van der Waals surface area (Å²) in [5.41, 5.74) is 7.99. The maximum atomic E-state index is 11.7. The van der Waals surface area contributed by atoms with Gasteiger partial charge in [0.2, 0.25) is 5.91 Å². The molecule has 2 heterocycles. The molecular weight excluding hydrogens is 232 g/mol. The van der Waals surface area contributed by atoms with Crippen LogP contribution in [0.25, 0.3) is 0 Å². The molecule has 0 radical (unpaired) electrons. The third-order valence-corrected chi connectivity index (χ3v) is 2.55. The summed E-state index contributed by atoms with van der Waals surface area (Å²) in [6, 6.07) is 0. The summed E-state index contributed by atoms with van der Waals surface area (Å²) in [4.78, 5) is 11.7. The number of carbonyl (C=O) groups excluding carboxylic acids is 1. The Morgan fingerprint density at radius 3 is 2.83 bits per heavy atom. The summed E-state index contributed by atoms with van der Waals surface area (Å²) in [6.07, 6.45) is 5.02. The summed E-state index contributed by atoms with van der Waals surface area (Å²) in [5, 5.41) is 11.0. The second kappa shape index (κ2) is 4.91. The van der Waals surface area contributed by atoms with Crippen LogP contribution in [0.3, 0.4) is 0 Å². The zero-order chi connectivity index (χ0) is 13.1. The number of carbonyl (C=O) groups is 1. The molecule has 0 spiro atoms. The van der Waals surface area contributed by atoms with E-state index in [0.717, 1.165) is 11.3 Å². The number of nitrogen functional groups attached to an aromatic ring is 1. The lowest BCUT2D eigenvalue weighted by atomic mass is 10.2. The van der Waals surface area contributed by atoms with Crippen molar-refractivity contribution in [2.45, 2.75) is 20.0 Å². The van der Waals surface area contributed by atoms with Gasteiger partial charge in [0.1, 0.15) is 6.54 Å². The Kier molecular flexibility index (Phi) is 3.31. The SMILES string of the molecule is Cc1nn(C)cc1CNC(=O)Cn1cc(N)cn1. The summed E-state index contributed by atoms with van der Waals surface area (Å²) in [7, 11) is 1.85. The summed E-state index contributed by atoms with van der Waals surface area (Å²) >= 11 is 0. The monoisotopic (exact) mass is 248 g/mol. The molecule has 2 aromatic heterocycles. The number of nitrogens with two attached hydrogens (primary N) is 1. The second-order valence-electron chi connectivity index (χ2n) is 4.16. The van der Waals surface area contributed by atoms with Crippen LogP contribution in [0, 0.1) is 6.92 Å². The van der Waals surface area contributed by atoms with E-state index in [-0.39, 0.29) is 12.5 Å². The van der Waals surface area contributed by atoms with Crippen LogP contribution in [0.15, 0.2) is 18.6 Å². The normalized spacial score (nSPS) is 10.6. The van der Waals surface area contributed by atoms with E-state index < -0.39 is 0 Å². The molecule has 2 rings (SSSR count). The van der Waals surface area contributed by atoms with Gasteiger partial charge in [0, 0.05) is 31.5 Å². The highest BCUT2D eigenvalue weighted by Gasteiger charge is 2.07. The number of hydrogen-bond acceptors (Lipinski definition) is 4. The minimum Gasteiger partial charge on any atom is -0.396 e. The number of nitrogens with one attached hydrogen (secondary N) is 1. The maximum Gasteiger partial charge on any atom is 0.242 e. The van der Waals surface area contributed by atoms with Crippen LogP contribution in [0.4, 0.5) is 5.69 Å². The Labute approximate surface area is 105 Å². The van der Waals surface area contributed by atoms with Gasteiger partial charge < -0.3 is 11.1 Å². The van der Waals surface area contributed by atoms with E-state index in [1.807, 2.05) is 20.2 Å². The highest BCUT2D eigenvalue weighted by molar-refractivity contribution is 5.75. The Balaban J connectivity index is 1.87. The lowest BCUT2D eigenvalue weighted by Crippen LogP contribution is -2.27. The van der Waals surface area contributed by atoms with E-state index in [0.29, 0.717) is 12.2 Å². The number of rotatable bonds is 4. The molecule has 18 heavy (non-hydrogen) atoms. The lowest BCUT2D eigenvalue weighted by Gasteiger charge is -2.04. The van der Waals surface area contributed by atoms with Gasteiger partial charge >= 0.3 is 0 Å².